The molecule has 1 amide bonds. The molecule has 0 atom stereocenters. The normalized spacial score (nSPS) is 9.29. The Labute approximate surface area is 185 Å². The average Bonchev–Trinajstić information content (AvgIpc) is 2.71. The molecule has 0 spiro atoms. The molecule has 2 aromatic carbocycles. The predicted octanol–water partition coefficient (Wildman–Crippen LogP) is 3.17. The zero-order chi connectivity index (χ0) is 24.1. The standard InChI is InChI=1S/C11H13NO3.C7H9NO2.C4H5ClO/c1-7(2)11(15)12-6-8-3-4-9(13)10(14)5-8;8-4-5-1-2-6(9)7(10)3-5;1-3(2)4(5)6/h3-5,13-14H,1,6H2,2H3,(H,12,15);1-3,9-10H,4,8H2;1H2,2H3. The maximum atomic E-state index is 11.1. The van der Waals surface area contributed by atoms with Crippen LogP contribution in [0.3, 0.4) is 0 Å². The van der Waals surface area contributed by atoms with Crippen LogP contribution in [0.15, 0.2) is 60.7 Å². The summed E-state index contributed by atoms with van der Waals surface area (Å²) in [6.07, 6.45) is 0. The maximum absolute atomic E-state index is 11.1. The first-order chi connectivity index (χ1) is 14.4. The second-order valence-corrected chi connectivity index (χ2v) is 6.71. The van der Waals surface area contributed by atoms with Crippen LogP contribution in [0, 0.1) is 0 Å². The first-order valence-electron chi connectivity index (χ1n) is 8.89. The van der Waals surface area contributed by atoms with Crippen LogP contribution in [0.1, 0.15) is 25.0 Å². The highest BCUT2D eigenvalue weighted by molar-refractivity contribution is 6.67. The number of nitrogens with two attached hydrogens (primary N) is 1. The van der Waals surface area contributed by atoms with Gasteiger partial charge in [-0.2, -0.15) is 0 Å². The van der Waals surface area contributed by atoms with Crippen molar-refractivity contribution in [3.8, 4) is 23.0 Å². The highest BCUT2D eigenvalue weighted by Gasteiger charge is 2.03. The summed E-state index contributed by atoms with van der Waals surface area (Å²) in [7, 11) is 0. The minimum atomic E-state index is -0.463. The fraction of sp³-hybridized carbons (Fsp3) is 0.182. The molecule has 2 aromatic rings. The topological polar surface area (TPSA) is 153 Å². The van der Waals surface area contributed by atoms with Gasteiger partial charge in [0.05, 0.1) is 0 Å². The van der Waals surface area contributed by atoms with Crippen LogP contribution in [0.2, 0.25) is 0 Å². The van der Waals surface area contributed by atoms with Crippen LogP contribution in [-0.2, 0) is 22.7 Å². The molecule has 0 heterocycles. The van der Waals surface area contributed by atoms with Gasteiger partial charge in [-0.1, -0.05) is 25.3 Å². The summed E-state index contributed by atoms with van der Waals surface area (Å²) >= 11 is 4.87. The van der Waals surface area contributed by atoms with Gasteiger partial charge in [0.2, 0.25) is 11.1 Å². The Kier molecular flexibility index (Phi) is 12.1. The lowest BCUT2D eigenvalue weighted by Gasteiger charge is -2.05. The molecule has 2 rings (SSSR count). The van der Waals surface area contributed by atoms with Crippen molar-refractivity contribution in [1.82, 2.24) is 5.32 Å². The van der Waals surface area contributed by atoms with Gasteiger partial charge in [-0.3, -0.25) is 9.59 Å². The number of aromatic hydroxyl groups is 4. The van der Waals surface area contributed by atoms with Gasteiger partial charge >= 0.3 is 0 Å². The number of hydrogen-bond donors (Lipinski definition) is 6. The summed E-state index contributed by atoms with van der Waals surface area (Å²) in [5.74, 6) is -0.843. The summed E-state index contributed by atoms with van der Waals surface area (Å²) < 4.78 is 0. The number of phenolic OH excluding ortho intramolecular Hbond substituents is 4. The molecule has 9 heteroatoms. The molecular formula is C22H27ClN2O6. The predicted molar refractivity (Wildman–Crippen MR) is 120 cm³/mol. The number of nitrogens with one attached hydrogen (secondary N) is 1. The van der Waals surface area contributed by atoms with Gasteiger partial charge in [0.15, 0.2) is 23.0 Å². The molecule has 31 heavy (non-hydrogen) atoms. The number of carbonyl (C=O) groups excluding carboxylic acids is 2. The Morgan fingerprint density at radius 2 is 1.29 bits per heavy atom. The number of amides is 1. The van der Waals surface area contributed by atoms with E-state index in [-0.39, 0.29) is 28.9 Å². The van der Waals surface area contributed by atoms with Gasteiger partial charge in [0, 0.05) is 24.2 Å². The fourth-order valence-corrected chi connectivity index (χ4v) is 1.71. The molecule has 8 nitrogen and oxygen atoms in total. The zero-order valence-electron chi connectivity index (χ0n) is 17.4. The van der Waals surface area contributed by atoms with E-state index >= 15 is 0 Å². The Hall–Kier alpha value is -3.49. The van der Waals surface area contributed by atoms with E-state index in [4.69, 9.17) is 32.7 Å². The van der Waals surface area contributed by atoms with Crippen molar-refractivity contribution in [3.63, 3.8) is 0 Å². The second-order valence-electron chi connectivity index (χ2n) is 6.37. The molecule has 0 radical (unpaired) electrons. The van der Waals surface area contributed by atoms with Gasteiger partial charge < -0.3 is 31.5 Å². The van der Waals surface area contributed by atoms with Crippen LogP contribution in [0.5, 0.6) is 23.0 Å². The fourth-order valence-electron chi connectivity index (χ4n) is 1.71. The number of allylic oxidation sites excluding steroid dienone is 1. The third-order valence-electron chi connectivity index (χ3n) is 3.49. The molecule has 0 saturated carbocycles. The van der Waals surface area contributed by atoms with Gasteiger partial charge in [-0.25, -0.2) is 0 Å². The van der Waals surface area contributed by atoms with E-state index in [1.54, 1.807) is 26.0 Å². The van der Waals surface area contributed by atoms with E-state index < -0.39 is 5.24 Å². The lowest BCUT2D eigenvalue weighted by molar-refractivity contribution is -0.117. The minimum absolute atomic E-state index is 0.114. The summed E-state index contributed by atoms with van der Waals surface area (Å²) in [6.45, 7) is 10.6. The highest BCUT2D eigenvalue weighted by Crippen LogP contribution is 2.25. The molecule has 0 fully saturated rings. The van der Waals surface area contributed by atoms with E-state index in [1.807, 2.05) is 0 Å². The molecule has 0 aliphatic rings. The summed E-state index contributed by atoms with van der Waals surface area (Å²) in [5, 5.41) is 38.2. The first-order valence-corrected chi connectivity index (χ1v) is 9.27. The number of carbonyl (C=O) groups is 2. The number of rotatable bonds is 5. The number of halogens is 1. The second kappa shape index (κ2) is 13.7. The Balaban J connectivity index is 0.000000484. The van der Waals surface area contributed by atoms with E-state index in [2.05, 4.69) is 18.5 Å². The monoisotopic (exact) mass is 450 g/mol. The molecule has 0 bridgehead atoms. The van der Waals surface area contributed by atoms with Gasteiger partial charge in [0.1, 0.15) is 0 Å². The van der Waals surface area contributed by atoms with E-state index in [0.717, 1.165) is 5.56 Å². The Bertz CT molecular complexity index is 932. The van der Waals surface area contributed by atoms with Gasteiger partial charge in [-0.05, 0) is 60.8 Å². The molecule has 0 saturated heterocycles. The molecular weight excluding hydrogens is 424 g/mol. The largest absolute Gasteiger partial charge is 0.504 e. The molecule has 168 valence electrons. The lowest BCUT2D eigenvalue weighted by atomic mass is 10.2. The van der Waals surface area contributed by atoms with Crippen molar-refractivity contribution in [2.45, 2.75) is 26.9 Å². The van der Waals surface area contributed by atoms with E-state index in [1.165, 1.54) is 24.3 Å². The van der Waals surface area contributed by atoms with Gasteiger partial charge in [0.25, 0.3) is 0 Å². The first kappa shape index (κ1) is 27.5. The third-order valence-corrected chi connectivity index (χ3v) is 3.81. The number of hydrogen-bond acceptors (Lipinski definition) is 7. The summed E-state index contributed by atoms with van der Waals surface area (Å²) in [5.41, 5.74) is 7.60. The van der Waals surface area contributed by atoms with Crippen LogP contribution in [0.4, 0.5) is 0 Å². The molecule has 0 aliphatic carbocycles. The van der Waals surface area contributed by atoms with Gasteiger partial charge in [-0.15, -0.1) is 0 Å². The van der Waals surface area contributed by atoms with Crippen molar-refractivity contribution in [2.24, 2.45) is 5.73 Å². The van der Waals surface area contributed by atoms with Crippen LogP contribution in [0.25, 0.3) is 0 Å². The van der Waals surface area contributed by atoms with Crippen molar-refractivity contribution >= 4 is 22.8 Å². The number of benzene rings is 2. The van der Waals surface area contributed by atoms with Crippen LogP contribution < -0.4 is 11.1 Å². The molecule has 0 aliphatic heterocycles. The lowest BCUT2D eigenvalue weighted by Crippen LogP contribution is -2.22. The smallest absolute Gasteiger partial charge is 0.247 e. The van der Waals surface area contributed by atoms with Crippen LogP contribution in [-0.4, -0.2) is 31.6 Å². The Morgan fingerprint density at radius 3 is 1.65 bits per heavy atom. The zero-order valence-corrected chi connectivity index (χ0v) is 18.1. The molecule has 7 N–H and O–H groups in total. The quantitative estimate of drug-likeness (QED) is 0.232. The summed E-state index contributed by atoms with van der Waals surface area (Å²) in [6, 6.07) is 8.90. The van der Waals surface area contributed by atoms with E-state index in [0.29, 0.717) is 29.8 Å². The van der Waals surface area contributed by atoms with Crippen LogP contribution >= 0.6 is 11.6 Å². The highest BCUT2D eigenvalue weighted by atomic mass is 35.5. The Morgan fingerprint density at radius 1 is 0.871 bits per heavy atom. The van der Waals surface area contributed by atoms with Crippen molar-refractivity contribution in [3.05, 3.63) is 71.8 Å². The average molecular weight is 451 g/mol. The summed E-state index contributed by atoms with van der Waals surface area (Å²) in [4.78, 5) is 21.0. The SMILES string of the molecule is C=C(C)C(=O)Cl.C=C(C)C(=O)NCc1ccc(O)c(O)c1.NCc1ccc(O)c(O)c1. The van der Waals surface area contributed by atoms with Crippen molar-refractivity contribution in [1.29, 1.82) is 0 Å². The molecule has 0 unspecified atom stereocenters. The minimum Gasteiger partial charge on any atom is -0.504 e. The van der Waals surface area contributed by atoms with Crippen molar-refractivity contribution < 1.29 is 30.0 Å². The maximum Gasteiger partial charge on any atom is 0.247 e. The van der Waals surface area contributed by atoms with E-state index in [9.17, 15) is 14.7 Å². The third kappa shape index (κ3) is 11.3. The number of phenols is 4. The van der Waals surface area contributed by atoms with Crippen molar-refractivity contribution in [2.75, 3.05) is 0 Å². The molecule has 0 aromatic heterocycles.